The summed E-state index contributed by atoms with van der Waals surface area (Å²) >= 11 is 0. The quantitative estimate of drug-likeness (QED) is 0.843. The zero-order valence-electron chi connectivity index (χ0n) is 13.5. The molecule has 1 aromatic heterocycles. The number of piperidine rings is 1. The van der Waals surface area contributed by atoms with Crippen molar-refractivity contribution >= 4 is 11.8 Å². The molecule has 0 spiro atoms. The Labute approximate surface area is 135 Å². The Hall–Kier alpha value is -1.89. The fourth-order valence-corrected chi connectivity index (χ4v) is 3.16. The van der Waals surface area contributed by atoms with Gasteiger partial charge in [0.15, 0.2) is 5.69 Å². The van der Waals surface area contributed by atoms with E-state index >= 15 is 0 Å². The summed E-state index contributed by atoms with van der Waals surface area (Å²) in [4.78, 5) is 26.1. The van der Waals surface area contributed by atoms with Crippen molar-refractivity contribution in [3.05, 3.63) is 17.5 Å². The van der Waals surface area contributed by atoms with E-state index < -0.39 is 0 Å². The van der Waals surface area contributed by atoms with E-state index in [1.165, 1.54) is 0 Å². The van der Waals surface area contributed by atoms with E-state index in [1.807, 2.05) is 11.8 Å². The van der Waals surface area contributed by atoms with Crippen molar-refractivity contribution in [3.8, 4) is 0 Å². The summed E-state index contributed by atoms with van der Waals surface area (Å²) in [5.74, 6) is 1.15. The number of nitrogens with two attached hydrogens (primary N) is 1. The second kappa shape index (κ2) is 6.70. The van der Waals surface area contributed by atoms with Crippen LogP contribution in [0.15, 0.2) is 10.6 Å². The highest BCUT2D eigenvalue weighted by Crippen LogP contribution is 2.40. The lowest BCUT2D eigenvalue weighted by atomic mass is 9.97. The van der Waals surface area contributed by atoms with E-state index in [9.17, 15) is 9.59 Å². The SMILES string of the molecule is C[C@@H]1CC(NC(=O)c2cc(C3CC3)on2)CCN1C(=O)CCN. The second-order valence-corrected chi connectivity index (χ2v) is 6.56. The summed E-state index contributed by atoms with van der Waals surface area (Å²) in [5.41, 5.74) is 5.79. The van der Waals surface area contributed by atoms with Crippen LogP contribution in [0.4, 0.5) is 0 Å². The maximum Gasteiger partial charge on any atom is 0.273 e. The molecule has 1 saturated heterocycles. The van der Waals surface area contributed by atoms with Gasteiger partial charge < -0.3 is 20.5 Å². The van der Waals surface area contributed by atoms with Gasteiger partial charge in [0.2, 0.25) is 5.91 Å². The number of carbonyl (C=O) groups excluding carboxylic acids is 2. The average Bonchev–Trinajstić information content (AvgIpc) is 3.24. The minimum atomic E-state index is -0.195. The predicted octanol–water partition coefficient (Wildman–Crippen LogP) is 1.01. The summed E-state index contributed by atoms with van der Waals surface area (Å²) in [6.07, 6.45) is 4.10. The first-order chi connectivity index (χ1) is 11.1. The molecule has 2 aliphatic rings. The maximum atomic E-state index is 12.3. The normalized spacial score (nSPS) is 24.5. The molecular formula is C16H24N4O3. The monoisotopic (exact) mass is 320 g/mol. The smallest absolute Gasteiger partial charge is 0.273 e. The van der Waals surface area contributed by atoms with E-state index in [-0.39, 0.29) is 23.9 Å². The van der Waals surface area contributed by atoms with Crippen LogP contribution in [0.1, 0.15) is 61.2 Å². The summed E-state index contributed by atoms with van der Waals surface area (Å²) in [7, 11) is 0. The Morgan fingerprint density at radius 2 is 2.22 bits per heavy atom. The van der Waals surface area contributed by atoms with Gasteiger partial charge in [0, 0.05) is 43.6 Å². The number of rotatable bonds is 5. The first-order valence-electron chi connectivity index (χ1n) is 8.35. The number of amides is 2. The van der Waals surface area contributed by atoms with Crippen LogP contribution in [0.25, 0.3) is 0 Å². The van der Waals surface area contributed by atoms with Gasteiger partial charge in [-0.25, -0.2) is 0 Å². The van der Waals surface area contributed by atoms with Gasteiger partial charge in [0.25, 0.3) is 5.91 Å². The van der Waals surface area contributed by atoms with Crippen LogP contribution < -0.4 is 11.1 Å². The van der Waals surface area contributed by atoms with E-state index in [0.29, 0.717) is 31.1 Å². The first-order valence-corrected chi connectivity index (χ1v) is 8.35. The van der Waals surface area contributed by atoms with Crippen LogP contribution >= 0.6 is 0 Å². The Bertz CT molecular complexity index is 582. The van der Waals surface area contributed by atoms with Gasteiger partial charge in [-0.3, -0.25) is 9.59 Å². The molecule has 2 amide bonds. The van der Waals surface area contributed by atoms with Crippen LogP contribution in [0.5, 0.6) is 0 Å². The number of carbonyl (C=O) groups is 2. The van der Waals surface area contributed by atoms with Crippen molar-refractivity contribution in [2.75, 3.05) is 13.1 Å². The molecule has 23 heavy (non-hydrogen) atoms. The third-order valence-electron chi connectivity index (χ3n) is 4.63. The number of nitrogens with one attached hydrogen (secondary N) is 1. The third kappa shape index (κ3) is 3.72. The van der Waals surface area contributed by atoms with Crippen molar-refractivity contribution in [1.82, 2.24) is 15.4 Å². The Kier molecular flexibility index (Phi) is 4.66. The standard InChI is InChI=1S/C16H24N4O3/c1-10-8-12(5-7-20(10)15(21)4-6-17)18-16(22)13-9-14(23-19-13)11-2-3-11/h9-12H,2-8,17H2,1H3,(H,18,22)/t10-,12?/m1/s1. The maximum absolute atomic E-state index is 12.3. The molecule has 1 aliphatic carbocycles. The minimum absolute atomic E-state index is 0.0560. The Balaban J connectivity index is 1.52. The first kappa shape index (κ1) is 16.0. The van der Waals surface area contributed by atoms with E-state index in [2.05, 4.69) is 10.5 Å². The molecular weight excluding hydrogens is 296 g/mol. The van der Waals surface area contributed by atoms with E-state index in [1.54, 1.807) is 6.07 Å². The lowest BCUT2D eigenvalue weighted by Crippen LogP contribution is -2.51. The zero-order chi connectivity index (χ0) is 16.4. The number of hydrogen-bond donors (Lipinski definition) is 2. The molecule has 0 radical (unpaired) electrons. The van der Waals surface area contributed by atoms with Crippen LogP contribution in [0.3, 0.4) is 0 Å². The van der Waals surface area contributed by atoms with Crippen molar-refractivity contribution in [2.45, 2.75) is 57.0 Å². The van der Waals surface area contributed by atoms with Crippen molar-refractivity contribution < 1.29 is 14.1 Å². The zero-order valence-corrected chi connectivity index (χ0v) is 13.5. The molecule has 7 heteroatoms. The van der Waals surface area contributed by atoms with Crippen molar-refractivity contribution in [3.63, 3.8) is 0 Å². The number of likely N-dealkylation sites (tertiary alicyclic amines) is 1. The number of aromatic nitrogens is 1. The molecule has 126 valence electrons. The average molecular weight is 320 g/mol. The summed E-state index contributed by atoms with van der Waals surface area (Å²) in [6, 6.07) is 1.91. The molecule has 1 unspecified atom stereocenters. The van der Waals surface area contributed by atoms with Gasteiger partial charge in [-0.1, -0.05) is 5.16 Å². The Morgan fingerprint density at radius 1 is 1.43 bits per heavy atom. The molecule has 1 aromatic rings. The molecule has 1 aliphatic heterocycles. The number of nitrogens with zero attached hydrogens (tertiary/aromatic N) is 2. The minimum Gasteiger partial charge on any atom is -0.360 e. The van der Waals surface area contributed by atoms with Gasteiger partial charge in [0.1, 0.15) is 5.76 Å². The van der Waals surface area contributed by atoms with Gasteiger partial charge in [-0.15, -0.1) is 0 Å². The highest BCUT2D eigenvalue weighted by Gasteiger charge is 2.31. The van der Waals surface area contributed by atoms with Crippen LogP contribution in [0.2, 0.25) is 0 Å². The molecule has 2 fully saturated rings. The van der Waals surface area contributed by atoms with Gasteiger partial charge >= 0.3 is 0 Å². The summed E-state index contributed by atoms with van der Waals surface area (Å²) in [5, 5.41) is 6.87. The molecule has 2 atom stereocenters. The highest BCUT2D eigenvalue weighted by atomic mass is 16.5. The highest BCUT2D eigenvalue weighted by molar-refractivity contribution is 5.92. The topological polar surface area (TPSA) is 101 Å². The number of hydrogen-bond acceptors (Lipinski definition) is 5. The van der Waals surface area contributed by atoms with Crippen LogP contribution in [-0.2, 0) is 4.79 Å². The van der Waals surface area contributed by atoms with Gasteiger partial charge in [-0.05, 0) is 32.6 Å². The van der Waals surface area contributed by atoms with Crippen molar-refractivity contribution in [2.24, 2.45) is 5.73 Å². The van der Waals surface area contributed by atoms with Gasteiger partial charge in [0.05, 0.1) is 0 Å². The van der Waals surface area contributed by atoms with Crippen molar-refractivity contribution in [1.29, 1.82) is 0 Å². The lowest BCUT2D eigenvalue weighted by Gasteiger charge is -2.38. The fraction of sp³-hybridized carbons (Fsp3) is 0.688. The van der Waals surface area contributed by atoms with Crippen LogP contribution in [0, 0.1) is 0 Å². The predicted molar refractivity (Wildman–Crippen MR) is 83.8 cm³/mol. The summed E-state index contributed by atoms with van der Waals surface area (Å²) in [6.45, 7) is 3.03. The third-order valence-corrected chi connectivity index (χ3v) is 4.63. The molecule has 0 bridgehead atoms. The molecule has 2 heterocycles. The molecule has 3 rings (SSSR count). The molecule has 7 nitrogen and oxygen atoms in total. The van der Waals surface area contributed by atoms with E-state index in [0.717, 1.165) is 31.4 Å². The largest absolute Gasteiger partial charge is 0.360 e. The lowest BCUT2D eigenvalue weighted by molar-refractivity contribution is -0.134. The summed E-state index contributed by atoms with van der Waals surface area (Å²) < 4.78 is 5.22. The van der Waals surface area contributed by atoms with Crippen LogP contribution in [-0.4, -0.2) is 47.0 Å². The van der Waals surface area contributed by atoms with Gasteiger partial charge in [-0.2, -0.15) is 0 Å². The fourth-order valence-electron chi connectivity index (χ4n) is 3.16. The van der Waals surface area contributed by atoms with E-state index in [4.69, 9.17) is 10.3 Å². The second-order valence-electron chi connectivity index (χ2n) is 6.56. The molecule has 1 saturated carbocycles. The Morgan fingerprint density at radius 3 is 2.87 bits per heavy atom. The molecule has 0 aromatic carbocycles. The molecule has 3 N–H and O–H groups in total.